The van der Waals surface area contributed by atoms with Gasteiger partial charge in [0.1, 0.15) is 0 Å². The third-order valence-corrected chi connectivity index (χ3v) is 1.98. The van der Waals surface area contributed by atoms with Crippen molar-refractivity contribution >= 4 is 0 Å². The molecule has 1 aromatic rings. The third-order valence-electron chi connectivity index (χ3n) is 1.98. The molecule has 1 heterocycles. The molecule has 0 aromatic carbocycles. The Hall–Kier alpha value is -0.990. The molecule has 13 heavy (non-hydrogen) atoms. The van der Waals surface area contributed by atoms with Gasteiger partial charge in [-0.25, -0.2) is 0 Å². The van der Waals surface area contributed by atoms with Crippen LogP contribution in [0.25, 0.3) is 0 Å². The van der Waals surface area contributed by atoms with Gasteiger partial charge in [-0.3, -0.25) is 14.6 Å². The van der Waals surface area contributed by atoms with Gasteiger partial charge in [-0.1, -0.05) is 27.7 Å². The van der Waals surface area contributed by atoms with Crippen molar-refractivity contribution in [2.75, 3.05) is 0 Å². The summed E-state index contributed by atoms with van der Waals surface area (Å²) in [5, 5.41) is 3.12. The number of nitrogens with zero attached hydrogens (tertiary/aromatic N) is 1. The highest BCUT2D eigenvalue weighted by molar-refractivity contribution is 5.04. The molecule has 1 aromatic heterocycles. The molecular formula is C10H18N2O. The van der Waals surface area contributed by atoms with Crippen LogP contribution in [0.3, 0.4) is 0 Å². The molecule has 0 aliphatic rings. The molecular weight excluding hydrogens is 164 g/mol. The molecule has 0 saturated heterocycles. The van der Waals surface area contributed by atoms with Crippen molar-refractivity contribution in [3.8, 4) is 0 Å². The van der Waals surface area contributed by atoms with Gasteiger partial charge in [0.05, 0.1) is 0 Å². The number of hydrogen-bond acceptors (Lipinski definition) is 1. The monoisotopic (exact) mass is 182 g/mol. The Morgan fingerprint density at radius 2 is 2.00 bits per heavy atom. The Bertz CT molecular complexity index is 320. The van der Waals surface area contributed by atoms with Gasteiger partial charge in [0.15, 0.2) is 0 Å². The molecule has 0 amide bonds. The fourth-order valence-electron chi connectivity index (χ4n) is 1.25. The van der Waals surface area contributed by atoms with Crippen LogP contribution in [0.1, 0.15) is 39.3 Å². The Balaban J connectivity index is 2.90. The van der Waals surface area contributed by atoms with E-state index in [1.165, 1.54) is 0 Å². The topological polar surface area (TPSA) is 37.8 Å². The van der Waals surface area contributed by atoms with Crippen molar-refractivity contribution in [2.24, 2.45) is 5.92 Å². The number of aromatic amines is 1. The average Bonchev–Trinajstić information content (AvgIpc) is 2.31. The van der Waals surface area contributed by atoms with E-state index in [-0.39, 0.29) is 5.56 Å². The molecule has 0 bridgehead atoms. The highest BCUT2D eigenvalue weighted by Gasteiger charge is 2.06. The van der Waals surface area contributed by atoms with E-state index in [2.05, 4.69) is 32.8 Å². The SMILES string of the molecule is CC(C)Cn1[nH]c(C(C)C)cc1=O. The Labute approximate surface area is 78.8 Å². The lowest BCUT2D eigenvalue weighted by Gasteiger charge is -2.05. The predicted molar refractivity (Wildman–Crippen MR) is 54.0 cm³/mol. The van der Waals surface area contributed by atoms with E-state index < -0.39 is 0 Å². The zero-order valence-electron chi connectivity index (χ0n) is 8.79. The van der Waals surface area contributed by atoms with Crippen LogP contribution in [0, 0.1) is 5.92 Å². The molecule has 0 spiro atoms. The number of hydrogen-bond donors (Lipinski definition) is 1. The molecule has 3 nitrogen and oxygen atoms in total. The molecule has 74 valence electrons. The van der Waals surface area contributed by atoms with Gasteiger partial charge in [0, 0.05) is 18.3 Å². The van der Waals surface area contributed by atoms with Gasteiger partial charge in [0.25, 0.3) is 5.56 Å². The Morgan fingerprint density at radius 1 is 1.38 bits per heavy atom. The molecule has 1 rings (SSSR count). The van der Waals surface area contributed by atoms with E-state index in [1.54, 1.807) is 10.7 Å². The van der Waals surface area contributed by atoms with Crippen LogP contribution in [0.5, 0.6) is 0 Å². The van der Waals surface area contributed by atoms with Crippen molar-refractivity contribution in [2.45, 2.75) is 40.2 Å². The van der Waals surface area contributed by atoms with Gasteiger partial charge in [-0.2, -0.15) is 0 Å². The van der Waals surface area contributed by atoms with Crippen molar-refractivity contribution in [1.29, 1.82) is 0 Å². The quantitative estimate of drug-likeness (QED) is 0.762. The molecule has 1 N–H and O–H groups in total. The van der Waals surface area contributed by atoms with E-state index in [4.69, 9.17) is 0 Å². The van der Waals surface area contributed by atoms with Crippen molar-refractivity contribution in [1.82, 2.24) is 9.78 Å². The summed E-state index contributed by atoms with van der Waals surface area (Å²) in [5.41, 5.74) is 1.10. The summed E-state index contributed by atoms with van der Waals surface area (Å²) in [6, 6.07) is 1.69. The van der Waals surface area contributed by atoms with E-state index >= 15 is 0 Å². The minimum absolute atomic E-state index is 0.0809. The molecule has 0 atom stereocenters. The molecule has 3 heteroatoms. The van der Waals surface area contributed by atoms with Gasteiger partial charge in [0.2, 0.25) is 0 Å². The molecule has 0 unspecified atom stereocenters. The second-order valence-electron chi connectivity index (χ2n) is 4.21. The second kappa shape index (κ2) is 3.81. The number of H-pyrrole nitrogens is 1. The maximum Gasteiger partial charge on any atom is 0.266 e. The highest BCUT2D eigenvalue weighted by atomic mass is 16.1. The lowest BCUT2D eigenvalue weighted by molar-refractivity contribution is 0.468. The van der Waals surface area contributed by atoms with Crippen LogP contribution in [0.15, 0.2) is 10.9 Å². The summed E-state index contributed by atoms with van der Waals surface area (Å²) in [6.45, 7) is 9.12. The number of rotatable bonds is 3. The van der Waals surface area contributed by atoms with E-state index in [1.807, 2.05) is 0 Å². The first-order valence-corrected chi connectivity index (χ1v) is 4.80. The lowest BCUT2D eigenvalue weighted by atomic mass is 10.1. The summed E-state index contributed by atoms with van der Waals surface area (Å²) in [4.78, 5) is 11.4. The zero-order chi connectivity index (χ0) is 10.0. The van der Waals surface area contributed by atoms with Crippen molar-refractivity contribution in [3.63, 3.8) is 0 Å². The summed E-state index contributed by atoms with van der Waals surface area (Å²) in [7, 11) is 0. The molecule has 0 saturated carbocycles. The van der Waals surface area contributed by atoms with Crippen LogP contribution in [0.2, 0.25) is 0 Å². The average molecular weight is 182 g/mol. The van der Waals surface area contributed by atoms with Gasteiger partial charge in [-0.05, 0) is 11.8 Å². The summed E-state index contributed by atoms with van der Waals surface area (Å²) in [5.74, 6) is 0.887. The van der Waals surface area contributed by atoms with E-state index in [0.717, 1.165) is 12.2 Å². The maximum atomic E-state index is 11.4. The molecule has 0 aliphatic carbocycles. The van der Waals surface area contributed by atoms with Crippen LogP contribution in [0.4, 0.5) is 0 Å². The lowest BCUT2D eigenvalue weighted by Crippen LogP contribution is -2.18. The first-order valence-electron chi connectivity index (χ1n) is 4.80. The summed E-state index contributed by atoms with van der Waals surface area (Å²) in [6.07, 6.45) is 0. The normalized spacial score (nSPS) is 11.5. The number of nitrogens with one attached hydrogen (secondary N) is 1. The molecule has 0 aliphatic heterocycles. The Morgan fingerprint density at radius 3 is 2.38 bits per heavy atom. The summed E-state index contributed by atoms with van der Waals surface area (Å²) < 4.78 is 1.68. The van der Waals surface area contributed by atoms with Crippen LogP contribution in [-0.4, -0.2) is 9.78 Å². The maximum absolute atomic E-state index is 11.4. The minimum atomic E-state index is 0.0809. The highest BCUT2D eigenvalue weighted by Crippen LogP contribution is 2.08. The van der Waals surface area contributed by atoms with Crippen LogP contribution >= 0.6 is 0 Å². The largest absolute Gasteiger partial charge is 0.299 e. The zero-order valence-corrected chi connectivity index (χ0v) is 8.79. The van der Waals surface area contributed by atoms with Crippen LogP contribution in [-0.2, 0) is 6.54 Å². The van der Waals surface area contributed by atoms with E-state index in [9.17, 15) is 4.79 Å². The smallest absolute Gasteiger partial charge is 0.266 e. The Kier molecular flexibility index (Phi) is 2.96. The number of aromatic nitrogens is 2. The van der Waals surface area contributed by atoms with Gasteiger partial charge >= 0.3 is 0 Å². The fourth-order valence-corrected chi connectivity index (χ4v) is 1.25. The van der Waals surface area contributed by atoms with Gasteiger partial charge < -0.3 is 0 Å². The van der Waals surface area contributed by atoms with E-state index in [0.29, 0.717) is 11.8 Å². The van der Waals surface area contributed by atoms with Crippen LogP contribution < -0.4 is 5.56 Å². The van der Waals surface area contributed by atoms with Crippen molar-refractivity contribution < 1.29 is 0 Å². The predicted octanol–water partition coefficient (Wildman–Crippen LogP) is 1.96. The molecule has 0 fully saturated rings. The third kappa shape index (κ3) is 2.47. The fraction of sp³-hybridized carbons (Fsp3) is 0.700. The standard InChI is InChI=1S/C10H18N2O/c1-7(2)6-12-10(13)5-9(11-12)8(3)4/h5,7-8,11H,6H2,1-4H3. The van der Waals surface area contributed by atoms with Gasteiger partial charge in [-0.15, -0.1) is 0 Å². The second-order valence-corrected chi connectivity index (χ2v) is 4.21. The first-order chi connectivity index (χ1) is 6.00. The van der Waals surface area contributed by atoms with Crippen molar-refractivity contribution in [3.05, 3.63) is 22.1 Å². The first kappa shape index (κ1) is 10.1. The minimum Gasteiger partial charge on any atom is -0.299 e. The molecule has 0 radical (unpaired) electrons. The summed E-state index contributed by atoms with van der Waals surface area (Å²) >= 11 is 0.